The van der Waals surface area contributed by atoms with Gasteiger partial charge in [0.15, 0.2) is 6.23 Å². The first kappa shape index (κ1) is 24.0. The van der Waals surface area contributed by atoms with E-state index in [2.05, 4.69) is 10.3 Å². The number of rotatable bonds is 9. The molecule has 2 atom stereocenters. The van der Waals surface area contributed by atoms with E-state index in [1.807, 2.05) is 0 Å². The minimum absolute atomic E-state index is 0.00928. The molecular formula is C21H25N3O6S2. The molecule has 1 saturated heterocycles. The van der Waals surface area contributed by atoms with Gasteiger partial charge in [0.2, 0.25) is 15.9 Å². The molecule has 0 bridgehead atoms. The molecule has 1 aliphatic heterocycles. The molecular weight excluding hydrogens is 454 g/mol. The third kappa shape index (κ3) is 5.22. The average molecular weight is 480 g/mol. The van der Waals surface area contributed by atoms with Gasteiger partial charge in [0.25, 0.3) is 6.47 Å². The molecule has 0 aliphatic carbocycles. The summed E-state index contributed by atoms with van der Waals surface area (Å²) in [5, 5.41) is 2.69. The number of pyridine rings is 1. The number of nitrogens with zero attached hydrogens (tertiary/aromatic N) is 2. The van der Waals surface area contributed by atoms with E-state index < -0.39 is 32.9 Å². The van der Waals surface area contributed by atoms with Crippen LogP contribution in [0, 0.1) is 0 Å². The van der Waals surface area contributed by atoms with Gasteiger partial charge in [0.05, 0.1) is 13.0 Å². The molecule has 0 spiro atoms. The van der Waals surface area contributed by atoms with Crippen molar-refractivity contribution < 1.29 is 27.5 Å². The maximum atomic E-state index is 13.3. The second-order valence-electron chi connectivity index (χ2n) is 7.64. The Labute approximate surface area is 191 Å². The third-order valence-electron chi connectivity index (χ3n) is 5.10. The third-order valence-corrected chi connectivity index (χ3v) is 8.44. The molecule has 1 aromatic heterocycles. The van der Waals surface area contributed by atoms with Gasteiger partial charge in [-0.25, -0.2) is 8.42 Å². The van der Waals surface area contributed by atoms with Crippen LogP contribution in [0.1, 0.15) is 19.4 Å². The van der Waals surface area contributed by atoms with E-state index in [1.54, 1.807) is 45.2 Å². The van der Waals surface area contributed by atoms with Gasteiger partial charge < -0.3 is 14.8 Å². The molecule has 1 N–H and O–H groups in total. The zero-order valence-corrected chi connectivity index (χ0v) is 19.6. The van der Waals surface area contributed by atoms with Crippen molar-refractivity contribution in [2.75, 3.05) is 13.0 Å². The van der Waals surface area contributed by atoms with Crippen LogP contribution >= 0.6 is 11.8 Å². The Bertz CT molecular complexity index is 1040. The van der Waals surface area contributed by atoms with Crippen LogP contribution in [0.2, 0.25) is 0 Å². The standard InChI is InChI=1S/C21H25N3O6S2/c1-21(2)19(24(13-31-21)32(27,28)17-5-4-10-22-12-17)20(26)23-18(30-14-25)11-15-6-8-16(29-3)9-7-15/h4-10,12,14,18-19H,11,13H2,1-3H3,(H,23,26)/t18?,19-/m1/s1. The number of nitrogens with one attached hydrogen (secondary N) is 1. The van der Waals surface area contributed by atoms with Gasteiger partial charge in [-0.15, -0.1) is 11.8 Å². The van der Waals surface area contributed by atoms with Crippen molar-refractivity contribution in [1.82, 2.24) is 14.6 Å². The molecule has 9 nitrogen and oxygen atoms in total. The van der Waals surface area contributed by atoms with Crippen LogP contribution in [0.4, 0.5) is 0 Å². The van der Waals surface area contributed by atoms with Crippen molar-refractivity contribution in [3.05, 3.63) is 54.4 Å². The van der Waals surface area contributed by atoms with Crippen LogP contribution in [0.25, 0.3) is 0 Å². The van der Waals surface area contributed by atoms with Crippen molar-refractivity contribution >= 4 is 34.2 Å². The van der Waals surface area contributed by atoms with E-state index in [0.29, 0.717) is 5.75 Å². The molecule has 1 aromatic carbocycles. The predicted octanol–water partition coefficient (Wildman–Crippen LogP) is 1.79. The lowest BCUT2D eigenvalue weighted by Crippen LogP contribution is -2.55. The highest BCUT2D eigenvalue weighted by molar-refractivity contribution is 8.02. The minimum atomic E-state index is -3.95. The summed E-state index contributed by atoms with van der Waals surface area (Å²) < 4.78 is 37.1. The fourth-order valence-electron chi connectivity index (χ4n) is 3.43. The van der Waals surface area contributed by atoms with E-state index in [9.17, 15) is 18.0 Å². The summed E-state index contributed by atoms with van der Waals surface area (Å²) in [7, 11) is -2.40. The quantitative estimate of drug-likeness (QED) is 0.428. The van der Waals surface area contributed by atoms with Crippen LogP contribution in [0.5, 0.6) is 5.75 Å². The summed E-state index contributed by atoms with van der Waals surface area (Å²) in [4.78, 5) is 28.2. The van der Waals surface area contributed by atoms with E-state index in [4.69, 9.17) is 9.47 Å². The van der Waals surface area contributed by atoms with Gasteiger partial charge in [0, 0.05) is 23.6 Å². The first-order valence-electron chi connectivity index (χ1n) is 9.77. The Morgan fingerprint density at radius 1 is 1.34 bits per heavy atom. The normalized spacial score (nSPS) is 19.2. The fourth-order valence-corrected chi connectivity index (χ4v) is 6.57. The van der Waals surface area contributed by atoms with Crippen LogP contribution in [-0.2, 0) is 30.8 Å². The SMILES string of the molecule is COc1ccc(CC(NC(=O)[C@H]2N(S(=O)(=O)c3cccnc3)CSC2(C)C)OC=O)cc1. The molecule has 1 fully saturated rings. The van der Waals surface area contributed by atoms with E-state index in [0.717, 1.165) is 9.87 Å². The lowest BCUT2D eigenvalue weighted by Gasteiger charge is -2.31. The summed E-state index contributed by atoms with van der Waals surface area (Å²) >= 11 is 1.36. The van der Waals surface area contributed by atoms with Crippen LogP contribution in [-0.4, -0.2) is 60.1 Å². The van der Waals surface area contributed by atoms with Crippen molar-refractivity contribution in [1.29, 1.82) is 0 Å². The van der Waals surface area contributed by atoms with Gasteiger partial charge >= 0.3 is 0 Å². The average Bonchev–Trinajstić information content (AvgIpc) is 3.11. The van der Waals surface area contributed by atoms with Gasteiger partial charge in [-0.3, -0.25) is 14.6 Å². The Hall–Kier alpha value is -2.63. The Kier molecular flexibility index (Phi) is 7.42. The monoisotopic (exact) mass is 479 g/mol. The molecule has 32 heavy (non-hydrogen) atoms. The van der Waals surface area contributed by atoms with Crippen LogP contribution < -0.4 is 10.1 Å². The predicted molar refractivity (Wildman–Crippen MR) is 119 cm³/mol. The molecule has 2 aromatic rings. The molecule has 11 heteroatoms. The van der Waals surface area contributed by atoms with E-state index >= 15 is 0 Å². The summed E-state index contributed by atoms with van der Waals surface area (Å²) in [6.07, 6.45) is 1.98. The molecule has 1 amide bonds. The second-order valence-corrected chi connectivity index (χ2v) is 11.1. The topological polar surface area (TPSA) is 115 Å². The van der Waals surface area contributed by atoms with E-state index in [1.165, 1.54) is 36.3 Å². The van der Waals surface area contributed by atoms with Crippen LogP contribution in [0.15, 0.2) is 53.7 Å². The number of sulfonamides is 1. The van der Waals surface area contributed by atoms with Gasteiger partial charge in [0.1, 0.15) is 16.7 Å². The highest BCUT2D eigenvalue weighted by atomic mass is 32.2. The number of benzene rings is 1. The highest BCUT2D eigenvalue weighted by Crippen LogP contribution is 2.42. The van der Waals surface area contributed by atoms with Gasteiger partial charge in [-0.2, -0.15) is 4.31 Å². The molecule has 0 radical (unpaired) electrons. The molecule has 1 unspecified atom stereocenters. The number of ether oxygens (including phenoxy) is 2. The first-order chi connectivity index (χ1) is 15.2. The van der Waals surface area contributed by atoms with Crippen LogP contribution in [0.3, 0.4) is 0 Å². The summed E-state index contributed by atoms with van der Waals surface area (Å²) in [6, 6.07) is 9.06. The zero-order valence-electron chi connectivity index (χ0n) is 17.9. The molecule has 2 heterocycles. The number of aromatic nitrogens is 1. The number of hydrogen-bond acceptors (Lipinski definition) is 8. The highest BCUT2D eigenvalue weighted by Gasteiger charge is 2.51. The van der Waals surface area contributed by atoms with Crippen molar-refractivity contribution in [2.45, 2.75) is 42.2 Å². The van der Waals surface area contributed by atoms with Crippen molar-refractivity contribution in [2.24, 2.45) is 0 Å². The molecule has 1 aliphatic rings. The lowest BCUT2D eigenvalue weighted by atomic mass is 10.0. The first-order valence-corrected chi connectivity index (χ1v) is 12.2. The smallest absolute Gasteiger partial charge is 0.295 e. The van der Waals surface area contributed by atoms with Crippen molar-refractivity contribution in [3.8, 4) is 5.75 Å². The van der Waals surface area contributed by atoms with Gasteiger partial charge in [-0.1, -0.05) is 12.1 Å². The van der Waals surface area contributed by atoms with Gasteiger partial charge in [-0.05, 0) is 43.7 Å². The summed E-state index contributed by atoms with van der Waals surface area (Å²) in [6.45, 7) is 3.87. The number of carbonyl (C=O) groups is 2. The number of methoxy groups -OCH3 is 1. The Morgan fingerprint density at radius 3 is 2.66 bits per heavy atom. The van der Waals surface area contributed by atoms with E-state index in [-0.39, 0.29) is 23.7 Å². The number of carbonyl (C=O) groups excluding carboxylic acids is 2. The maximum absolute atomic E-state index is 13.3. The Balaban J connectivity index is 1.82. The fraction of sp³-hybridized carbons (Fsp3) is 0.381. The molecule has 0 saturated carbocycles. The summed E-state index contributed by atoms with van der Waals surface area (Å²) in [5.41, 5.74) is 0.804. The zero-order chi connectivity index (χ0) is 23.4. The van der Waals surface area contributed by atoms with Crippen molar-refractivity contribution in [3.63, 3.8) is 0 Å². The maximum Gasteiger partial charge on any atom is 0.295 e. The number of hydrogen-bond donors (Lipinski definition) is 1. The summed E-state index contributed by atoms with van der Waals surface area (Å²) in [5.74, 6) is 0.236. The number of amides is 1. The minimum Gasteiger partial charge on any atom is -0.497 e. The second kappa shape index (κ2) is 9.88. The molecule has 172 valence electrons. The Morgan fingerprint density at radius 2 is 2.06 bits per heavy atom. The molecule has 3 rings (SSSR count). The lowest BCUT2D eigenvalue weighted by molar-refractivity contribution is -0.139. The largest absolute Gasteiger partial charge is 0.497 e. The number of thioether (sulfide) groups is 1.